The van der Waals surface area contributed by atoms with Crippen molar-refractivity contribution < 1.29 is 24.2 Å². The van der Waals surface area contributed by atoms with Gasteiger partial charge in [0.15, 0.2) is 0 Å². The van der Waals surface area contributed by atoms with E-state index in [9.17, 15) is 14.7 Å². The quantitative estimate of drug-likeness (QED) is 0.866. The Kier molecular flexibility index (Phi) is 5.26. The van der Waals surface area contributed by atoms with Crippen LogP contribution in [-0.2, 0) is 20.9 Å². The van der Waals surface area contributed by atoms with E-state index in [1.807, 2.05) is 24.3 Å². The lowest BCUT2D eigenvalue weighted by atomic mass is 9.90. The first kappa shape index (κ1) is 17.3. The number of carboxylic acid groups (broad SMARTS) is 1. The first-order valence-corrected chi connectivity index (χ1v) is 7.62. The second-order valence-corrected chi connectivity index (χ2v) is 6.18. The molecule has 6 nitrogen and oxygen atoms in total. The van der Waals surface area contributed by atoms with Gasteiger partial charge in [-0.3, -0.25) is 9.59 Å². The van der Waals surface area contributed by atoms with Gasteiger partial charge in [-0.2, -0.15) is 0 Å². The lowest BCUT2D eigenvalue weighted by Gasteiger charge is -2.23. The number of hydrogen-bond donors (Lipinski definition) is 1. The second-order valence-electron chi connectivity index (χ2n) is 6.18. The molecular formula is C17H23NO5. The average Bonchev–Trinajstić information content (AvgIpc) is 2.96. The number of carbonyl (C=O) groups is 2. The molecule has 0 bridgehead atoms. The van der Waals surface area contributed by atoms with Gasteiger partial charge in [0.2, 0.25) is 0 Å². The van der Waals surface area contributed by atoms with Gasteiger partial charge in [0.25, 0.3) is 5.91 Å². The molecule has 0 aromatic heterocycles. The zero-order chi connectivity index (χ0) is 17.0. The summed E-state index contributed by atoms with van der Waals surface area (Å²) < 4.78 is 10.8. The molecular weight excluding hydrogens is 298 g/mol. The molecule has 2 atom stereocenters. The predicted octanol–water partition coefficient (Wildman–Crippen LogP) is 1.92. The van der Waals surface area contributed by atoms with Crippen LogP contribution in [0.5, 0.6) is 5.75 Å². The second kappa shape index (κ2) is 7.00. The van der Waals surface area contributed by atoms with Gasteiger partial charge in [-0.25, -0.2) is 0 Å². The van der Waals surface area contributed by atoms with Crippen molar-refractivity contribution in [1.29, 1.82) is 0 Å². The first-order valence-electron chi connectivity index (χ1n) is 7.62. The van der Waals surface area contributed by atoms with Crippen LogP contribution in [0.25, 0.3) is 0 Å². The Morgan fingerprint density at radius 1 is 1.43 bits per heavy atom. The number of benzene rings is 1. The predicted molar refractivity (Wildman–Crippen MR) is 84.2 cm³/mol. The molecule has 0 unspecified atom stereocenters. The number of aliphatic carboxylic acids is 1. The molecule has 0 spiro atoms. The fraction of sp³-hybridized carbons (Fsp3) is 0.529. The number of carboxylic acids is 1. The molecule has 23 heavy (non-hydrogen) atoms. The first-order chi connectivity index (χ1) is 10.9. The summed E-state index contributed by atoms with van der Waals surface area (Å²) in [5.41, 5.74) is 0.0585. The Hall–Kier alpha value is -2.08. The van der Waals surface area contributed by atoms with Crippen LogP contribution in [0.4, 0.5) is 0 Å². The summed E-state index contributed by atoms with van der Waals surface area (Å²) in [5, 5.41) is 9.23. The average molecular weight is 321 g/mol. The molecule has 0 aliphatic carbocycles. The highest BCUT2D eigenvalue weighted by atomic mass is 16.5. The Labute approximate surface area is 136 Å². The number of ether oxygens (including phenoxy) is 2. The maximum atomic E-state index is 12.4. The number of rotatable bonds is 6. The maximum absolute atomic E-state index is 12.4. The van der Waals surface area contributed by atoms with Gasteiger partial charge < -0.3 is 19.5 Å². The van der Waals surface area contributed by atoms with Crippen LogP contribution < -0.4 is 4.74 Å². The summed E-state index contributed by atoms with van der Waals surface area (Å²) in [4.78, 5) is 25.2. The zero-order valence-electron chi connectivity index (χ0n) is 13.7. The lowest BCUT2D eigenvalue weighted by molar-refractivity contribution is -0.148. The molecule has 1 saturated heterocycles. The summed E-state index contributed by atoms with van der Waals surface area (Å²) >= 11 is 0. The Morgan fingerprint density at radius 2 is 2.17 bits per heavy atom. The van der Waals surface area contributed by atoms with Crippen molar-refractivity contribution in [2.24, 2.45) is 5.41 Å². The van der Waals surface area contributed by atoms with Crippen LogP contribution in [0.15, 0.2) is 24.3 Å². The molecule has 1 aliphatic heterocycles. The number of carbonyl (C=O) groups excluding carboxylic acids is 1. The van der Waals surface area contributed by atoms with Crippen LogP contribution in [0.3, 0.4) is 0 Å². The molecule has 2 rings (SSSR count). The van der Waals surface area contributed by atoms with Crippen LogP contribution in [0, 0.1) is 5.41 Å². The summed E-state index contributed by atoms with van der Waals surface area (Å²) in [6.45, 7) is 4.35. The van der Waals surface area contributed by atoms with Gasteiger partial charge in [-0.15, -0.1) is 0 Å². The summed E-state index contributed by atoms with van der Waals surface area (Å²) in [7, 11) is 1.60. The monoisotopic (exact) mass is 321 g/mol. The van der Waals surface area contributed by atoms with Gasteiger partial charge in [-0.1, -0.05) is 12.1 Å². The van der Waals surface area contributed by atoms with E-state index in [0.29, 0.717) is 19.6 Å². The van der Waals surface area contributed by atoms with Gasteiger partial charge in [0, 0.05) is 13.1 Å². The lowest BCUT2D eigenvalue weighted by Crippen LogP contribution is -2.40. The molecule has 1 aromatic carbocycles. The fourth-order valence-electron chi connectivity index (χ4n) is 2.64. The van der Waals surface area contributed by atoms with Crippen molar-refractivity contribution in [3.63, 3.8) is 0 Å². The van der Waals surface area contributed by atoms with Gasteiger partial charge in [-0.05, 0) is 38.0 Å². The highest BCUT2D eigenvalue weighted by Crippen LogP contribution is 2.30. The van der Waals surface area contributed by atoms with E-state index in [1.165, 1.54) is 0 Å². The highest BCUT2D eigenvalue weighted by molar-refractivity contribution is 5.83. The van der Waals surface area contributed by atoms with E-state index in [2.05, 4.69) is 0 Å². The van der Waals surface area contributed by atoms with E-state index >= 15 is 0 Å². The number of methoxy groups -OCH3 is 1. The maximum Gasteiger partial charge on any atom is 0.311 e. The molecule has 126 valence electrons. The third kappa shape index (κ3) is 4.01. The van der Waals surface area contributed by atoms with Crippen LogP contribution >= 0.6 is 0 Å². The molecule has 1 fully saturated rings. The topological polar surface area (TPSA) is 76.1 Å². The van der Waals surface area contributed by atoms with Crippen LogP contribution in [0.2, 0.25) is 0 Å². The van der Waals surface area contributed by atoms with Gasteiger partial charge >= 0.3 is 5.97 Å². The Morgan fingerprint density at radius 3 is 2.78 bits per heavy atom. The van der Waals surface area contributed by atoms with E-state index < -0.39 is 17.5 Å². The summed E-state index contributed by atoms with van der Waals surface area (Å²) in [6.07, 6.45) is -0.145. The summed E-state index contributed by atoms with van der Waals surface area (Å²) in [5.74, 6) is -0.294. The van der Waals surface area contributed by atoms with Gasteiger partial charge in [0.1, 0.15) is 11.9 Å². The molecule has 1 aliphatic rings. The molecule has 1 N–H and O–H groups in total. The largest absolute Gasteiger partial charge is 0.497 e. The minimum absolute atomic E-state index is 0.169. The van der Waals surface area contributed by atoms with Crippen molar-refractivity contribution in [2.45, 2.75) is 33.0 Å². The van der Waals surface area contributed by atoms with E-state index in [-0.39, 0.29) is 12.5 Å². The smallest absolute Gasteiger partial charge is 0.311 e. The van der Waals surface area contributed by atoms with Crippen molar-refractivity contribution in [1.82, 2.24) is 4.90 Å². The normalized spacial score (nSPS) is 22.0. The SMILES string of the molecule is COc1cccc(CO[C@@H](C)C(=O)N2CC[C@](C)(C(=O)O)C2)c1. The van der Waals surface area contributed by atoms with Crippen molar-refractivity contribution in [2.75, 3.05) is 20.2 Å². The minimum atomic E-state index is -0.863. The van der Waals surface area contributed by atoms with Crippen LogP contribution in [-0.4, -0.2) is 48.2 Å². The molecule has 6 heteroatoms. The number of amides is 1. The van der Waals surface area contributed by atoms with E-state index in [0.717, 1.165) is 11.3 Å². The van der Waals surface area contributed by atoms with Crippen LogP contribution in [0.1, 0.15) is 25.8 Å². The number of hydrogen-bond acceptors (Lipinski definition) is 4. The Balaban J connectivity index is 1.89. The van der Waals surface area contributed by atoms with Gasteiger partial charge in [0.05, 0.1) is 19.1 Å². The zero-order valence-corrected chi connectivity index (χ0v) is 13.7. The minimum Gasteiger partial charge on any atom is -0.497 e. The van der Waals surface area contributed by atoms with E-state index in [1.54, 1.807) is 25.9 Å². The highest BCUT2D eigenvalue weighted by Gasteiger charge is 2.42. The standard InChI is InChI=1S/C17H23NO5/c1-12(23-10-13-5-4-6-14(9-13)22-3)15(19)18-8-7-17(2,11-18)16(20)21/h4-6,9,12H,7-8,10-11H2,1-3H3,(H,20,21)/t12-,17-/m0/s1. The molecule has 1 aromatic rings. The van der Waals surface area contributed by atoms with Crippen molar-refractivity contribution in [3.8, 4) is 5.75 Å². The molecule has 1 amide bonds. The third-order valence-corrected chi connectivity index (χ3v) is 4.28. The van der Waals surface area contributed by atoms with E-state index in [4.69, 9.17) is 9.47 Å². The Bertz CT molecular complexity index is 588. The molecule has 0 radical (unpaired) electrons. The fourth-order valence-corrected chi connectivity index (χ4v) is 2.64. The molecule has 1 heterocycles. The summed E-state index contributed by atoms with van der Waals surface area (Å²) in [6, 6.07) is 7.46. The third-order valence-electron chi connectivity index (χ3n) is 4.28. The van der Waals surface area contributed by atoms with Crippen molar-refractivity contribution >= 4 is 11.9 Å². The number of nitrogens with zero attached hydrogens (tertiary/aromatic N) is 1. The number of likely N-dealkylation sites (tertiary alicyclic amines) is 1. The van der Waals surface area contributed by atoms with Crippen molar-refractivity contribution in [3.05, 3.63) is 29.8 Å². The molecule has 0 saturated carbocycles.